The molecule has 0 radical (unpaired) electrons. The van der Waals surface area contributed by atoms with Crippen molar-refractivity contribution in [1.82, 2.24) is 14.8 Å². The molecule has 1 aliphatic heterocycles. The van der Waals surface area contributed by atoms with Gasteiger partial charge in [0, 0.05) is 22.1 Å². The number of nitrogens with zero attached hydrogens (tertiary/aromatic N) is 4. The Morgan fingerprint density at radius 1 is 0.943 bits per heavy atom. The molecule has 5 rings (SSSR count). The van der Waals surface area contributed by atoms with E-state index in [0.29, 0.717) is 11.9 Å². The van der Waals surface area contributed by atoms with Crippen molar-refractivity contribution in [2.24, 2.45) is 4.99 Å². The van der Waals surface area contributed by atoms with E-state index in [2.05, 4.69) is 71.1 Å². The molecule has 0 aliphatic carbocycles. The SMILES string of the molecule is CCOc1ccc(C2=NC[C@H](CSc3nnc(-c4ccccc4)n3-c3ccc(C)c(C)c3)S2)cc1. The molecule has 178 valence electrons. The van der Waals surface area contributed by atoms with Gasteiger partial charge in [-0.25, -0.2) is 0 Å². The molecular weight excluding hydrogens is 472 g/mol. The van der Waals surface area contributed by atoms with Crippen LogP contribution in [0.2, 0.25) is 0 Å². The third-order valence-corrected chi connectivity index (χ3v) is 8.48. The van der Waals surface area contributed by atoms with Gasteiger partial charge in [-0.15, -0.1) is 22.0 Å². The highest BCUT2D eigenvalue weighted by Gasteiger charge is 2.23. The van der Waals surface area contributed by atoms with Crippen molar-refractivity contribution in [3.05, 3.63) is 89.5 Å². The summed E-state index contributed by atoms with van der Waals surface area (Å²) in [5.74, 6) is 2.67. The number of aromatic nitrogens is 3. The van der Waals surface area contributed by atoms with Crippen LogP contribution >= 0.6 is 23.5 Å². The third-order valence-electron chi connectivity index (χ3n) is 5.94. The molecular formula is C28H28N4OS2. The van der Waals surface area contributed by atoms with Crippen LogP contribution in [0.3, 0.4) is 0 Å². The van der Waals surface area contributed by atoms with Crippen molar-refractivity contribution in [2.75, 3.05) is 18.9 Å². The van der Waals surface area contributed by atoms with Gasteiger partial charge in [0.1, 0.15) is 5.75 Å². The van der Waals surface area contributed by atoms with E-state index in [-0.39, 0.29) is 0 Å². The van der Waals surface area contributed by atoms with Gasteiger partial charge < -0.3 is 4.74 Å². The van der Waals surface area contributed by atoms with Gasteiger partial charge in [-0.3, -0.25) is 9.56 Å². The van der Waals surface area contributed by atoms with Crippen LogP contribution in [0.4, 0.5) is 0 Å². The highest BCUT2D eigenvalue weighted by Crippen LogP contribution is 2.33. The monoisotopic (exact) mass is 500 g/mol. The molecule has 0 saturated carbocycles. The summed E-state index contributed by atoms with van der Waals surface area (Å²) in [7, 11) is 0. The first-order valence-corrected chi connectivity index (χ1v) is 13.6. The van der Waals surface area contributed by atoms with Gasteiger partial charge in [0.05, 0.1) is 23.9 Å². The van der Waals surface area contributed by atoms with Crippen molar-refractivity contribution in [3.63, 3.8) is 0 Å². The number of thioether (sulfide) groups is 2. The van der Waals surface area contributed by atoms with Gasteiger partial charge in [0.2, 0.25) is 0 Å². The van der Waals surface area contributed by atoms with E-state index in [4.69, 9.17) is 9.73 Å². The molecule has 0 spiro atoms. The molecule has 7 heteroatoms. The van der Waals surface area contributed by atoms with Gasteiger partial charge in [-0.2, -0.15) is 0 Å². The van der Waals surface area contributed by atoms with E-state index in [1.807, 2.05) is 49.0 Å². The van der Waals surface area contributed by atoms with Crippen molar-refractivity contribution >= 4 is 28.6 Å². The predicted molar refractivity (Wildman–Crippen MR) is 147 cm³/mol. The van der Waals surface area contributed by atoms with Crippen molar-refractivity contribution in [3.8, 4) is 22.8 Å². The second-order valence-electron chi connectivity index (χ2n) is 8.43. The molecule has 0 N–H and O–H groups in total. The van der Waals surface area contributed by atoms with E-state index in [1.54, 1.807) is 11.8 Å². The van der Waals surface area contributed by atoms with Crippen LogP contribution < -0.4 is 4.74 Å². The Morgan fingerprint density at radius 3 is 2.49 bits per heavy atom. The summed E-state index contributed by atoms with van der Waals surface area (Å²) >= 11 is 3.59. The van der Waals surface area contributed by atoms with Crippen molar-refractivity contribution in [2.45, 2.75) is 31.2 Å². The van der Waals surface area contributed by atoms with E-state index in [9.17, 15) is 0 Å². The van der Waals surface area contributed by atoms with E-state index in [1.165, 1.54) is 11.1 Å². The van der Waals surface area contributed by atoms with Gasteiger partial charge in [-0.1, -0.05) is 48.2 Å². The minimum atomic E-state index is 0.395. The van der Waals surface area contributed by atoms with Gasteiger partial charge in [0.15, 0.2) is 11.0 Å². The molecule has 1 aromatic heterocycles. The van der Waals surface area contributed by atoms with E-state index < -0.39 is 0 Å². The number of aryl methyl sites for hydroxylation is 2. The Hall–Kier alpha value is -3.03. The summed E-state index contributed by atoms with van der Waals surface area (Å²) in [5.41, 5.74) is 5.83. The lowest BCUT2D eigenvalue weighted by Crippen LogP contribution is -2.08. The number of aliphatic imine (C=N–C) groups is 1. The zero-order valence-electron chi connectivity index (χ0n) is 20.1. The molecule has 3 aromatic carbocycles. The summed E-state index contributed by atoms with van der Waals surface area (Å²) < 4.78 is 7.74. The highest BCUT2D eigenvalue weighted by atomic mass is 32.2. The smallest absolute Gasteiger partial charge is 0.196 e. The average Bonchev–Trinajstić information content (AvgIpc) is 3.53. The predicted octanol–water partition coefficient (Wildman–Crippen LogP) is 6.60. The van der Waals surface area contributed by atoms with Gasteiger partial charge >= 0.3 is 0 Å². The summed E-state index contributed by atoms with van der Waals surface area (Å²) in [4.78, 5) is 4.81. The number of benzene rings is 3. The van der Waals surface area contributed by atoms with Crippen LogP contribution in [0.5, 0.6) is 5.75 Å². The second kappa shape index (κ2) is 10.7. The lowest BCUT2D eigenvalue weighted by atomic mass is 10.1. The largest absolute Gasteiger partial charge is 0.494 e. The fourth-order valence-electron chi connectivity index (χ4n) is 3.93. The Labute approximate surface area is 215 Å². The Bertz CT molecular complexity index is 1330. The fourth-order valence-corrected chi connectivity index (χ4v) is 6.15. The van der Waals surface area contributed by atoms with Crippen molar-refractivity contribution < 1.29 is 4.74 Å². The van der Waals surface area contributed by atoms with Crippen LogP contribution in [0.15, 0.2) is 82.9 Å². The maximum Gasteiger partial charge on any atom is 0.196 e. The maximum atomic E-state index is 5.56. The lowest BCUT2D eigenvalue weighted by molar-refractivity contribution is 0.340. The first-order chi connectivity index (χ1) is 17.1. The fraction of sp³-hybridized carbons (Fsp3) is 0.250. The molecule has 0 fully saturated rings. The van der Waals surface area contributed by atoms with Crippen LogP contribution in [0.1, 0.15) is 23.6 Å². The molecule has 5 nitrogen and oxygen atoms in total. The van der Waals surface area contributed by atoms with E-state index >= 15 is 0 Å². The second-order valence-corrected chi connectivity index (χ2v) is 10.7. The van der Waals surface area contributed by atoms with Crippen LogP contribution in [-0.2, 0) is 0 Å². The number of ether oxygens (including phenoxy) is 1. The molecule has 0 saturated heterocycles. The summed E-state index contributed by atoms with van der Waals surface area (Å²) in [6.07, 6.45) is 0. The highest BCUT2D eigenvalue weighted by molar-refractivity contribution is 8.16. The molecule has 1 atom stereocenters. The molecule has 1 aliphatic rings. The maximum absolute atomic E-state index is 5.56. The van der Waals surface area contributed by atoms with Gasteiger partial charge in [0.25, 0.3) is 0 Å². The van der Waals surface area contributed by atoms with Crippen LogP contribution in [-0.4, -0.2) is 44.0 Å². The quantitative estimate of drug-likeness (QED) is 0.255. The molecule has 0 unspecified atom stereocenters. The number of rotatable bonds is 8. The Morgan fingerprint density at radius 2 is 1.74 bits per heavy atom. The molecule has 35 heavy (non-hydrogen) atoms. The molecule has 2 heterocycles. The minimum absolute atomic E-state index is 0.395. The standard InChI is InChI=1S/C28H28N4OS2/c1-4-33-24-14-11-22(12-15-24)27-29-17-25(35-27)18-34-28-31-30-26(21-8-6-5-7-9-21)32(28)23-13-10-19(2)20(3)16-23/h5-16,25H,4,17-18H2,1-3H3/t25-/m1/s1. The minimum Gasteiger partial charge on any atom is -0.494 e. The number of hydrogen-bond acceptors (Lipinski definition) is 6. The van der Waals surface area contributed by atoms with E-state index in [0.717, 1.165) is 50.9 Å². The first kappa shape index (κ1) is 23.7. The number of hydrogen-bond donors (Lipinski definition) is 0. The normalized spacial score (nSPS) is 15.3. The lowest BCUT2D eigenvalue weighted by Gasteiger charge is -2.13. The van der Waals surface area contributed by atoms with Crippen molar-refractivity contribution in [1.29, 1.82) is 0 Å². The zero-order valence-corrected chi connectivity index (χ0v) is 21.8. The van der Waals surface area contributed by atoms with Crippen LogP contribution in [0.25, 0.3) is 17.1 Å². The third kappa shape index (κ3) is 5.31. The summed E-state index contributed by atoms with van der Waals surface area (Å²) in [6.45, 7) is 7.76. The zero-order chi connectivity index (χ0) is 24.2. The molecule has 0 bridgehead atoms. The first-order valence-electron chi connectivity index (χ1n) is 11.8. The summed E-state index contributed by atoms with van der Waals surface area (Å²) in [5, 5.41) is 11.6. The summed E-state index contributed by atoms with van der Waals surface area (Å²) in [6, 6.07) is 25.0. The average molecular weight is 501 g/mol. The van der Waals surface area contributed by atoms with Gasteiger partial charge in [-0.05, 0) is 68.3 Å². The Balaban J connectivity index is 1.33. The molecule has 4 aromatic rings. The van der Waals surface area contributed by atoms with Crippen LogP contribution in [0, 0.1) is 13.8 Å². The topological polar surface area (TPSA) is 52.3 Å². The Kier molecular flexibility index (Phi) is 7.25. The molecule has 0 amide bonds.